The predicted molar refractivity (Wildman–Crippen MR) is 120 cm³/mol. The van der Waals surface area contributed by atoms with E-state index in [1.807, 2.05) is 0 Å². The summed E-state index contributed by atoms with van der Waals surface area (Å²) >= 11 is 0. The van der Waals surface area contributed by atoms with Crippen LogP contribution in [0, 0.1) is 0 Å². The van der Waals surface area contributed by atoms with Crippen molar-refractivity contribution in [1.29, 1.82) is 0 Å². The van der Waals surface area contributed by atoms with Crippen molar-refractivity contribution in [2.24, 2.45) is 0 Å². The monoisotopic (exact) mass is 389 g/mol. The van der Waals surface area contributed by atoms with E-state index in [0.717, 1.165) is 44.7 Å². The molecule has 4 heteroatoms. The summed E-state index contributed by atoms with van der Waals surface area (Å²) in [5.41, 5.74) is 6.22. The van der Waals surface area contributed by atoms with E-state index < -0.39 is 0 Å². The Kier molecular flexibility index (Phi) is 5.17. The van der Waals surface area contributed by atoms with E-state index in [1.54, 1.807) is 0 Å². The lowest BCUT2D eigenvalue weighted by Gasteiger charge is -2.28. The lowest BCUT2D eigenvalue weighted by molar-refractivity contribution is -0.116. The number of carbonyl (C=O) groups excluding carboxylic acids is 1. The summed E-state index contributed by atoms with van der Waals surface area (Å²) in [6.45, 7) is 4.34. The van der Waals surface area contributed by atoms with Crippen molar-refractivity contribution in [3.8, 4) is 0 Å². The number of nitrogens with one attached hydrogen (secondary N) is 1. The van der Waals surface area contributed by atoms with E-state index in [2.05, 4.69) is 57.6 Å². The molecule has 4 nitrogen and oxygen atoms in total. The van der Waals surface area contributed by atoms with Crippen LogP contribution in [0.15, 0.2) is 42.5 Å². The van der Waals surface area contributed by atoms with Gasteiger partial charge in [-0.3, -0.25) is 4.79 Å². The number of fused-ring (bicyclic) bond motifs is 1. The molecule has 2 saturated heterocycles. The number of benzene rings is 2. The molecule has 1 aliphatic carbocycles. The van der Waals surface area contributed by atoms with Crippen molar-refractivity contribution in [3.05, 3.63) is 53.6 Å². The van der Waals surface area contributed by atoms with Crippen LogP contribution < -0.4 is 15.1 Å². The van der Waals surface area contributed by atoms with Crippen LogP contribution in [0.2, 0.25) is 0 Å². The molecule has 0 bridgehead atoms. The Morgan fingerprint density at radius 3 is 2.14 bits per heavy atom. The molecule has 1 amide bonds. The standard InChI is InChI=1S/C25H31N3O/c29-24(18-20-13-12-19-8-1-2-9-21(19)20)26-25-22(27-14-3-4-15-27)10-7-11-23(25)28-16-5-6-17-28/h1-2,7-11,20H,3-6,12-18H2,(H,26,29). The molecule has 0 radical (unpaired) electrons. The normalized spacial score (nSPS) is 20.9. The molecule has 5 rings (SSSR count). The SMILES string of the molecule is O=C(CC1CCc2ccccc21)Nc1c(N2CCCC2)cccc1N1CCCC1. The number of rotatable bonds is 5. The molecule has 2 heterocycles. The summed E-state index contributed by atoms with van der Waals surface area (Å²) < 4.78 is 0. The third-order valence-corrected chi connectivity index (χ3v) is 6.87. The first kappa shape index (κ1) is 18.5. The minimum Gasteiger partial charge on any atom is -0.370 e. The molecule has 2 fully saturated rings. The molecule has 152 valence electrons. The average Bonchev–Trinajstić information content (AvgIpc) is 3.51. The smallest absolute Gasteiger partial charge is 0.225 e. The first-order valence-corrected chi connectivity index (χ1v) is 11.3. The fourth-order valence-corrected chi connectivity index (χ4v) is 5.37. The number of carbonyl (C=O) groups is 1. The average molecular weight is 390 g/mol. The van der Waals surface area contributed by atoms with E-state index in [1.165, 1.54) is 48.2 Å². The van der Waals surface area contributed by atoms with Gasteiger partial charge in [-0.1, -0.05) is 30.3 Å². The molecule has 0 spiro atoms. The fourth-order valence-electron chi connectivity index (χ4n) is 5.37. The first-order chi connectivity index (χ1) is 14.3. The van der Waals surface area contributed by atoms with Crippen LogP contribution in [0.4, 0.5) is 17.1 Å². The molecular weight excluding hydrogens is 358 g/mol. The second-order valence-electron chi connectivity index (χ2n) is 8.75. The maximum Gasteiger partial charge on any atom is 0.225 e. The molecule has 2 aromatic rings. The van der Waals surface area contributed by atoms with Crippen LogP contribution in [0.1, 0.15) is 55.6 Å². The molecule has 1 atom stereocenters. The van der Waals surface area contributed by atoms with Crippen LogP contribution in [0.5, 0.6) is 0 Å². The molecular formula is C25H31N3O. The van der Waals surface area contributed by atoms with Gasteiger partial charge < -0.3 is 15.1 Å². The minimum absolute atomic E-state index is 0.152. The van der Waals surface area contributed by atoms with Gasteiger partial charge in [-0.2, -0.15) is 0 Å². The molecule has 29 heavy (non-hydrogen) atoms. The van der Waals surface area contributed by atoms with Crippen LogP contribution in [-0.4, -0.2) is 32.1 Å². The Morgan fingerprint density at radius 2 is 1.48 bits per heavy atom. The van der Waals surface area contributed by atoms with Gasteiger partial charge in [0.15, 0.2) is 0 Å². The van der Waals surface area contributed by atoms with E-state index in [0.29, 0.717) is 12.3 Å². The van der Waals surface area contributed by atoms with E-state index in [4.69, 9.17) is 0 Å². The molecule has 1 N–H and O–H groups in total. The second-order valence-corrected chi connectivity index (χ2v) is 8.75. The lowest BCUT2D eigenvalue weighted by atomic mass is 9.97. The van der Waals surface area contributed by atoms with Crippen molar-refractivity contribution in [1.82, 2.24) is 0 Å². The van der Waals surface area contributed by atoms with E-state index in [-0.39, 0.29) is 5.91 Å². The van der Waals surface area contributed by atoms with E-state index >= 15 is 0 Å². The van der Waals surface area contributed by atoms with Crippen molar-refractivity contribution in [3.63, 3.8) is 0 Å². The summed E-state index contributed by atoms with van der Waals surface area (Å²) in [6, 6.07) is 15.1. The Labute approximate surface area is 173 Å². The Bertz CT molecular complexity index is 847. The van der Waals surface area contributed by atoms with Crippen LogP contribution in [-0.2, 0) is 11.2 Å². The first-order valence-electron chi connectivity index (χ1n) is 11.3. The largest absolute Gasteiger partial charge is 0.370 e. The third kappa shape index (κ3) is 3.73. The molecule has 2 aliphatic heterocycles. The van der Waals surface area contributed by atoms with Crippen molar-refractivity contribution < 1.29 is 4.79 Å². The third-order valence-electron chi connectivity index (χ3n) is 6.87. The zero-order valence-electron chi connectivity index (χ0n) is 17.2. The van der Waals surface area contributed by atoms with Gasteiger partial charge in [0.25, 0.3) is 0 Å². The van der Waals surface area contributed by atoms with Crippen LogP contribution in [0.25, 0.3) is 0 Å². The van der Waals surface area contributed by atoms with Gasteiger partial charge in [-0.15, -0.1) is 0 Å². The van der Waals surface area contributed by atoms with Crippen molar-refractivity contribution >= 4 is 23.0 Å². The second kappa shape index (κ2) is 8.10. The summed E-state index contributed by atoms with van der Waals surface area (Å²) in [6.07, 6.45) is 7.70. The highest BCUT2D eigenvalue weighted by Crippen LogP contribution is 2.40. The highest BCUT2D eigenvalue weighted by atomic mass is 16.1. The maximum absolute atomic E-state index is 13.2. The number of anilines is 3. The van der Waals surface area contributed by atoms with Gasteiger partial charge in [0, 0.05) is 32.6 Å². The fraction of sp³-hybridized carbons (Fsp3) is 0.480. The molecule has 2 aromatic carbocycles. The summed E-state index contributed by atoms with van der Waals surface area (Å²) in [4.78, 5) is 18.1. The highest BCUT2D eigenvalue weighted by Gasteiger charge is 2.27. The molecule has 0 saturated carbocycles. The van der Waals surface area contributed by atoms with Crippen molar-refractivity contribution in [2.45, 2.75) is 50.9 Å². The molecule has 3 aliphatic rings. The number of hydrogen-bond donors (Lipinski definition) is 1. The number of nitrogens with zero attached hydrogens (tertiary/aromatic N) is 2. The topological polar surface area (TPSA) is 35.6 Å². The predicted octanol–water partition coefficient (Wildman–Crippen LogP) is 4.95. The van der Waals surface area contributed by atoms with Gasteiger partial charge in [-0.25, -0.2) is 0 Å². The quantitative estimate of drug-likeness (QED) is 0.786. The Hall–Kier alpha value is -2.49. The Balaban J connectivity index is 1.39. The Morgan fingerprint density at radius 1 is 0.862 bits per heavy atom. The summed E-state index contributed by atoms with van der Waals surface area (Å²) in [5, 5.41) is 3.37. The van der Waals surface area contributed by atoms with Gasteiger partial charge in [0.1, 0.15) is 0 Å². The van der Waals surface area contributed by atoms with Gasteiger partial charge >= 0.3 is 0 Å². The van der Waals surface area contributed by atoms with Gasteiger partial charge in [0.05, 0.1) is 17.1 Å². The number of hydrogen-bond acceptors (Lipinski definition) is 3. The zero-order chi connectivity index (χ0) is 19.6. The summed E-state index contributed by atoms with van der Waals surface area (Å²) in [5.74, 6) is 0.499. The van der Waals surface area contributed by atoms with Gasteiger partial charge in [0.2, 0.25) is 5.91 Å². The minimum atomic E-state index is 0.152. The number of amides is 1. The molecule has 0 aromatic heterocycles. The number of para-hydroxylation sites is 1. The highest BCUT2D eigenvalue weighted by molar-refractivity contribution is 5.99. The molecule has 1 unspecified atom stereocenters. The van der Waals surface area contributed by atoms with Gasteiger partial charge in [-0.05, 0) is 67.7 Å². The maximum atomic E-state index is 13.2. The lowest BCUT2D eigenvalue weighted by Crippen LogP contribution is -2.25. The van der Waals surface area contributed by atoms with Crippen molar-refractivity contribution in [2.75, 3.05) is 41.3 Å². The zero-order valence-corrected chi connectivity index (χ0v) is 17.2. The summed E-state index contributed by atoms with van der Waals surface area (Å²) in [7, 11) is 0. The van der Waals surface area contributed by atoms with E-state index in [9.17, 15) is 4.79 Å². The van der Waals surface area contributed by atoms with Crippen LogP contribution >= 0.6 is 0 Å². The van der Waals surface area contributed by atoms with Crippen LogP contribution in [0.3, 0.4) is 0 Å². The number of aryl methyl sites for hydroxylation is 1.